The highest BCUT2D eigenvalue weighted by Gasteiger charge is 2.14. The van der Waals surface area contributed by atoms with Gasteiger partial charge in [0.25, 0.3) is 5.91 Å². The summed E-state index contributed by atoms with van der Waals surface area (Å²) in [6, 6.07) is 15.5. The maximum Gasteiger partial charge on any atom is 0.265 e. The highest BCUT2D eigenvalue weighted by Crippen LogP contribution is 2.15. The van der Waals surface area contributed by atoms with Crippen LogP contribution in [0.25, 0.3) is 0 Å². The van der Waals surface area contributed by atoms with Crippen molar-refractivity contribution in [3.63, 3.8) is 0 Å². The van der Waals surface area contributed by atoms with Crippen LogP contribution in [0.15, 0.2) is 48.5 Å². The van der Waals surface area contributed by atoms with Crippen LogP contribution in [-0.2, 0) is 11.2 Å². The minimum absolute atomic E-state index is 0.154. The summed E-state index contributed by atoms with van der Waals surface area (Å²) in [4.78, 5) is 12.1. The molecule has 0 aliphatic rings. The van der Waals surface area contributed by atoms with E-state index in [1.807, 2.05) is 55.5 Å². The number of carbonyl (C=O) groups excluding carboxylic acids is 1. The van der Waals surface area contributed by atoms with Crippen molar-refractivity contribution in [2.24, 2.45) is 0 Å². The van der Waals surface area contributed by atoms with Crippen LogP contribution in [0, 0.1) is 6.92 Å². The Morgan fingerprint density at radius 3 is 2.29 bits per heavy atom. The summed E-state index contributed by atoms with van der Waals surface area (Å²) in [6.45, 7) is 5.86. The van der Waals surface area contributed by atoms with Gasteiger partial charge >= 0.3 is 0 Å². The van der Waals surface area contributed by atoms with Crippen molar-refractivity contribution < 1.29 is 9.53 Å². The van der Waals surface area contributed by atoms with E-state index in [9.17, 15) is 4.79 Å². The summed E-state index contributed by atoms with van der Waals surface area (Å²) in [5, 5.41) is 2.85. The average Bonchev–Trinajstić information content (AvgIpc) is 2.50. The zero-order valence-corrected chi connectivity index (χ0v) is 12.7. The van der Waals surface area contributed by atoms with E-state index in [2.05, 4.69) is 12.2 Å². The van der Waals surface area contributed by atoms with E-state index in [1.165, 1.54) is 5.56 Å². The standard InChI is InChI=1S/C18H21NO2/c1-4-15-7-11-17(12-8-15)21-14(3)18(20)19-16-9-5-13(2)6-10-16/h5-12,14H,4H2,1-3H3,(H,19,20). The second-order valence-electron chi connectivity index (χ2n) is 5.11. The summed E-state index contributed by atoms with van der Waals surface area (Å²) in [7, 11) is 0. The molecule has 1 N–H and O–H groups in total. The van der Waals surface area contributed by atoms with E-state index in [-0.39, 0.29) is 5.91 Å². The lowest BCUT2D eigenvalue weighted by atomic mass is 10.2. The minimum Gasteiger partial charge on any atom is -0.481 e. The van der Waals surface area contributed by atoms with Crippen LogP contribution < -0.4 is 10.1 Å². The molecule has 110 valence electrons. The molecule has 0 aliphatic heterocycles. The first kappa shape index (κ1) is 15.1. The third-order valence-electron chi connectivity index (χ3n) is 3.33. The fourth-order valence-corrected chi connectivity index (χ4v) is 1.94. The fraction of sp³-hybridized carbons (Fsp3) is 0.278. The quantitative estimate of drug-likeness (QED) is 0.902. The van der Waals surface area contributed by atoms with Crippen LogP contribution in [0.4, 0.5) is 5.69 Å². The Kier molecular flexibility index (Phi) is 4.99. The molecule has 1 atom stereocenters. The molecule has 2 aromatic carbocycles. The Morgan fingerprint density at radius 2 is 1.71 bits per heavy atom. The molecular formula is C18H21NO2. The third-order valence-corrected chi connectivity index (χ3v) is 3.33. The molecule has 1 unspecified atom stereocenters. The Labute approximate surface area is 126 Å². The molecule has 21 heavy (non-hydrogen) atoms. The topological polar surface area (TPSA) is 38.3 Å². The summed E-state index contributed by atoms with van der Waals surface area (Å²) < 4.78 is 5.66. The Balaban J connectivity index is 1.93. The number of hydrogen-bond donors (Lipinski definition) is 1. The van der Waals surface area contributed by atoms with Gasteiger partial charge in [0.15, 0.2) is 6.10 Å². The number of rotatable bonds is 5. The number of anilines is 1. The van der Waals surface area contributed by atoms with Gasteiger partial charge in [-0.25, -0.2) is 0 Å². The lowest BCUT2D eigenvalue weighted by molar-refractivity contribution is -0.122. The summed E-state index contributed by atoms with van der Waals surface area (Å²) in [5.41, 5.74) is 3.19. The molecule has 1 amide bonds. The molecule has 0 fully saturated rings. The number of aryl methyl sites for hydroxylation is 2. The summed E-state index contributed by atoms with van der Waals surface area (Å²) in [6.07, 6.45) is 0.447. The second-order valence-corrected chi connectivity index (χ2v) is 5.11. The zero-order valence-electron chi connectivity index (χ0n) is 12.7. The predicted molar refractivity (Wildman–Crippen MR) is 85.7 cm³/mol. The lowest BCUT2D eigenvalue weighted by Crippen LogP contribution is -2.30. The molecule has 3 nitrogen and oxygen atoms in total. The number of hydrogen-bond acceptors (Lipinski definition) is 2. The van der Waals surface area contributed by atoms with Gasteiger partial charge in [-0.05, 0) is 50.1 Å². The van der Waals surface area contributed by atoms with E-state index in [1.54, 1.807) is 6.92 Å². The Morgan fingerprint density at radius 1 is 1.10 bits per heavy atom. The first-order valence-corrected chi connectivity index (χ1v) is 7.21. The smallest absolute Gasteiger partial charge is 0.265 e. The third kappa shape index (κ3) is 4.35. The maximum absolute atomic E-state index is 12.1. The van der Waals surface area contributed by atoms with Gasteiger partial charge in [-0.1, -0.05) is 36.8 Å². The van der Waals surface area contributed by atoms with E-state index in [4.69, 9.17) is 4.74 Å². The van der Waals surface area contributed by atoms with Gasteiger partial charge in [-0.15, -0.1) is 0 Å². The molecule has 0 aliphatic carbocycles. The van der Waals surface area contributed by atoms with Crippen molar-refractivity contribution in [3.8, 4) is 5.75 Å². The maximum atomic E-state index is 12.1. The molecule has 0 spiro atoms. The highest BCUT2D eigenvalue weighted by atomic mass is 16.5. The van der Waals surface area contributed by atoms with Crippen molar-refractivity contribution in [2.45, 2.75) is 33.3 Å². The van der Waals surface area contributed by atoms with Gasteiger partial charge < -0.3 is 10.1 Å². The highest BCUT2D eigenvalue weighted by molar-refractivity contribution is 5.94. The van der Waals surface area contributed by atoms with Crippen LogP contribution in [0.2, 0.25) is 0 Å². The largest absolute Gasteiger partial charge is 0.481 e. The van der Waals surface area contributed by atoms with Crippen molar-refractivity contribution in [1.29, 1.82) is 0 Å². The van der Waals surface area contributed by atoms with Crippen molar-refractivity contribution in [2.75, 3.05) is 5.32 Å². The molecule has 0 bridgehead atoms. The van der Waals surface area contributed by atoms with E-state index >= 15 is 0 Å². The van der Waals surface area contributed by atoms with Crippen LogP contribution >= 0.6 is 0 Å². The van der Waals surface area contributed by atoms with Crippen LogP contribution in [0.3, 0.4) is 0 Å². The number of nitrogens with one attached hydrogen (secondary N) is 1. The number of benzene rings is 2. The Bertz CT molecular complexity index is 588. The molecule has 2 aromatic rings. The number of ether oxygens (including phenoxy) is 1. The molecular weight excluding hydrogens is 262 g/mol. The van der Waals surface area contributed by atoms with Gasteiger partial charge in [0.2, 0.25) is 0 Å². The van der Waals surface area contributed by atoms with E-state index in [0.29, 0.717) is 5.75 Å². The van der Waals surface area contributed by atoms with E-state index in [0.717, 1.165) is 17.7 Å². The fourth-order valence-electron chi connectivity index (χ4n) is 1.94. The van der Waals surface area contributed by atoms with Gasteiger partial charge in [-0.2, -0.15) is 0 Å². The van der Waals surface area contributed by atoms with Crippen LogP contribution in [0.1, 0.15) is 25.0 Å². The molecule has 0 saturated carbocycles. The number of carbonyl (C=O) groups is 1. The van der Waals surface area contributed by atoms with Crippen molar-refractivity contribution in [3.05, 3.63) is 59.7 Å². The minimum atomic E-state index is -0.543. The molecule has 2 rings (SSSR count). The normalized spacial score (nSPS) is 11.8. The van der Waals surface area contributed by atoms with Gasteiger partial charge in [0, 0.05) is 5.69 Å². The monoisotopic (exact) mass is 283 g/mol. The second kappa shape index (κ2) is 6.93. The zero-order chi connectivity index (χ0) is 15.2. The van der Waals surface area contributed by atoms with Gasteiger partial charge in [0.1, 0.15) is 5.75 Å². The summed E-state index contributed by atoms with van der Waals surface area (Å²) in [5.74, 6) is 0.553. The first-order chi connectivity index (χ1) is 10.1. The van der Waals surface area contributed by atoms with Crippen LogP contribution in [0.5, 0.6) is 5.75 Å². The lowest BCUT2D eigenvalue weighted by Gasteiger charge is -2.15. The van der Waals surface area contributed by atoms with Crippen LogP contribution in [-0.4, -0.2) is 12.0 Å². The summed E-state index contributed by atoms with van der Waals surface area (Å²) >= 11 is 0. The predicted octanol–water partition coefficient (Wildman–Crippen LogP) is 3.96. The first-order valence-electron chi connectivity index (χ1n) is 7.21. The number of amides is 1. The van der Waals surface area contributed by atoms with E-state index < -0.39 is 6.10 Å². The van der Waals surface area contributed by atoms with Gasteiger partial charge in [0.05, 0.1) is 0 Å². The molecule has 0 saturated heterocycles. The average molecular weight is 283 g/mol. The molecule has 0 radical (unpaired) electrons. The van der Waals surface area contributed by atoms with Gasteiger partial charge in [-0.3, -0.25) is 4.79 Å². The molecule has 3 heteroatoms. The van der Waals surface area contributed by atoms with Crippen molar-refractivity contribution >= 4 is 11.6 Å². The SMILES string of the molecule is CCc1ccc(OC(C)C(=O)Nc2ccc(C)cc2)cc1. The molecule has 0 aromatic heterocycles. The molecule has 0 heterocycles. The van der Waals surface area contributed by atoms with Crippen molar-refractivity contribution in [1.82, 2.24) is 0 Å². The Hall–Kier alpha value is -2.29.